The third kappa shape index (κ3) is 5.24. The summed E-state index contributed by atoms with van der Waals surface area (Å²) in [6.07, 6.45) is 2.41. The van der Waals surface area contributed by atoms with Crippen LogP contribution in [0, 0.1) is 17.1 Å². The van der Waals surface area contributed by atoms with Gasteiger partial charge >= 0.3 is 17.6 Å². The zero-order valence-corrected chi connectivity index (χ0v) is 20.4. The first kappa shape index (κ1) is 26.1. The van der Waals surface area contributed by atoms with Crippen LogP contribution in [0.3, 0.4) is 0 Å². The molecule has 3 N–H and O–H groups in total. The van der Waals surface area contributed by atoms with Crippen LogP contribution in [0.5, 0.6) is 0 Å². The molecule has 0 bridgehead atoms. The molecule has 4 rings (SSSR count). The molecule has 0 unspecified atom stereocenters. The zero-order valence-electron chi connectivity index (χ0n) is 20.4. The number of carboxylic acids is 2. The van der Waals surface area contributed by atoms with Gasteiger partial charge in [-0.05, 0) is 37.6 Å². The third-order valence-electron chi connectivity index (χ3n) is 5.99. The van der Waals surface area contributed by atoms with Crippen LogP contribution in [0.2, 0.25) is 0 Å². The number of halogens is 1. The summed E-state index contributed by atoms with van der Waals surface area (Å²) in [6, 6.07) is 7.60. The Bertz CT molecular complexity index is 1640. The van der Waals surface area contributed by atoms with Crippen LogP contribution in [0.4, 0.5) is 4.39 Å². The van der Waals surface area contributed by atoms with Gasteiger partial charge in [-0.15, -0.1) is 4.73 Å². The van der Waals surface area contributed by atoms with E-state index in [4.69, 9.17) is 10.1 Å². The summed E-state index contributed by atoms with van der Waals surface area (Å²) in [4.78, 5) is 47.9. The summed E-state index contributed by atoms with van der Waals surface area (Å²) < 4.78 is 17.0. The first-order valence-corrected chi connectivity index (χ1v) is 11.4. The largest absolute Gasteiger partial charge is 0.481 e. The van der Waals surface area contributed by atoms with Crippen LogP contribution in [-0.4, -0.2) is 46.6 Å². The number of carboxylic acid groups (broad SMARTS) is 2. The molecule has 38 heavy (non-hydrogen) atoms. The molecule has 0 saturated carbocycles. The lowest BCUT2D eigenvalue weighted by Crippen LogP contribution is -2.25. The van der Waals surface area contributed by atoms with Gasteiger partial charge in [-0.25, -0.2) is 14.2 Å². The van der Waals surface area contributed by atoms with E-state index in [1.165, 1.54) is 6.07 Å². The fraction of sp³-hybridized carbons (Fsp3) is 0.280. The monoisotopic (exact) mass is 522 g/mol. The maximum Gasteiger partial charge on any atom is 0.360 e. The average Bonchev–Trinajstić information content (AvgIpc) is 3.45. The van der Waals surface area contributed by atoms with Gasteiger partial charge in [-0.1, -0.05) is 6.07 Å². The highest BCUT2D eigenvalue weighted by Crippen LogP contribution is 2.25. The Morgan fingerprint density at radius 2 is 1.89 bits per heavy atom. The van der Waals surface area contributed by atoms with Gasteiger partial charge in [-0.2, -0.15) is 10.4 Å². The second-order valence-electron chi connectivity index (χ2n) is 9.19. The molecule has 4 aromatic rings. The van der Waals surface area contributed by atoms with Crippen molar-refractivity contribution >= 4 is 23.1 Å². The molecule has 196 valence electrons. The minimum atomic E-state index is -1.31. The summed E-state index contributed by atoms with van der Waals surface area (Å²) >= 11 is 0. The number of hydrogen-bond acceptors (Lipinski definition) is 7. The van der Waals surface area contributed by atoms with Gasteiger partial charge in [0, 0.05) is 22.9 Å². The molecule has 0 saturated heterocycles. The summed E-state index contributed by atoms with van der Waals surface area (Å²) in [5.74, 6) is -3.33. The molecule has 0 aliphatic carbocycles. The maximum absolute atomic E-state index is 14.5. The van der Waals surface area contributed by atoms with Gasteiger partial charge < -0.3 is 15.1 Å². The fourth-order valence-corrected chi connectivity index (χ4v) is 4.01. The summed E-state index contributed by atoms with van der Waals surface area (Å²) in [7, 11) is 0. The number of aromatic nitrogens is 5. The van der Waals surface area contributed by atoms with Gasteiger partial charge in [0.25, 0.3) is 0 Å². The molecule has 3 heterocycles. The smallest absolute Gasteiger partial charge is 0.360 e. The van der Waals surface area contributed by atoms with E-state index in [9.17, 15) is 29.0 Å². The number of nitrogens with zero attached hydrogens (tertiary/aromatic N) is 5. The summed E-state index contributed by atoms with van der Waals surface area (Å²) in [6.45, 7) is 3.29. The molecule has 12 nitrogen and oxygen atoms in total. The van der Waals surface area contributed by atoms with Crippen LogP contribution < -0.4 is 10.5 Å². The maximum atomic E-state index is 14.5. The van der Waals surface area contributed by atoms with E-state index in [2.05, 4.69) is 21.1 Å². The minimum absolute atomic E-state index is 0.0352. The Kier molecular flexibility index (Phi) is 6.98. The summed E-state index contributed by atoms with van der Waals surface area (Å²) in [5, 5.41) is 31.8. The number of imidazole rings is 1. The number of rotatable bonds is 10. The number of H-pyrrole nitrogens is 1. The van der Waals surface area contributed by atoms with E-state index in [1.54, 1.807) is 29.2 Å². The molecule has 0 aliphatic rings. The predicted molar refractivity (Wildman–Crippen MR) is 130 cm³/mol. The Hall–Kier alpha value is -4.99. The number of benzene rings is 1. The zero-order chi connectivity index (χ0) is 27.6. The van der Waals surface area contributed by atoms with Crippen molar-refractivity contribution in [2.24, 2.45) is 0 Å². The van der Waals surface area contributed by atoms with E-state index >= 15 is 0 Å². The molecule has 0 atom stereocenters. The Morgan fingerprint density at radius 1 is 1.16 bits per heavy atom. The van der Waals surface area contributed by atoms with Gasteiger partial charge in [0.05, 0.1) is 42.8 Å². The second kappa shape index (κ2) is 10.2. The van der Waals surface area contributed by atoms with E-state index in [0.29, 0.717) is 11.3 Å². The lowest BCUT2D eigenvalue weighted by Gasteiger charge is -2.21. The van der Waals surface area contributed by atoms with Gasteiger partial charge in [0.15, 0.2) is 5.65 Å². The SMILES string of the molecule is CC(C)(CC#N)n1cc(-c2ccc3c(n2)[nH]c(=O)n3OCc2c(CC(=O)O)ccc(F)c2CC(=O)O)cn1. The number of pyridine rings is 1. The quantitative estimate of drug-likeness (QED) is 0.282. The number of aliphatic carboxylic acids is 2. The topological polar surface area (TPSA) is 176 Å². The third-order valence-corrected chi connectivity index (χ3v) is 5.99. The van der Waals surface area contributed by atoms with Gasteiger partial charge in [0.2, 0.25) is 0 Å². The van der Waals surface area contributed by atoms with Crippen molar-refractivity contribution in [3.63, 3.8) is 0 Å². The van der Waals surface area contributed by atoms with Crippen LogP contribution >= 0.6 is 0 Å². The van der Waals surface area contributed by atoms with Crippen LogP contribution in [0.1, 0.15) is 37.0 Å². The molecule has 0 radical (unpaired) electrons. The lowest BCUT2D eigenvalue weighted by atomic mass is 9.96. The normalized spacial score (nSPS) is 11.4. The van der Waals surface area contributed by atoms with Crippen molar-refractivity contribution in [3.8, 4) is 17.3 Å². The molecule has 0 spiro atoms. The van der Waals surface area contributed by atoms with Crippen molar-refractivity contribution in [3.05, 3.63) is 69.7 Å². The first-order chi connectivity index (χ1) is 18.0. The van der Waals surface area contributed by atoms with Crippen molar-refractivity contribution in [1.82, 2.24) is 24.5 Å². The van der Waals surface area contributed by atoms with Gasteiger partial charge in [-0.3, -0.25) is 19.3 Å². The van der Waals surface area contributed by atoms with Crippen molar-refractivity contribution in [1.29, 1.82) is 5.26 Å². The molecular formula is C25H23FN6O6. The Morgan fingerprint density at radius 3 is 2.58 bits per heavy atom. The van der Waals surface area contributed by atoms with Crippen molar-refractivity contribution < 1.29 is 29.0 Å². The highest BCUT2D eigenvalue weighted by Gasteiger charge is 2.22. The number of fused-ring (bicyclic) bond motifs is 1. The number of nitrogens with one attached hydrogen (secondary N) is 1. The highest BCUT2D eigenvalue weighted by atomic mass is 19.1. The molecule has 0 fully saturated rings. The number of carbonyl (C=O) groups is 2. The first-order valence-electron chi connectivity index (χ1n) is 11.4. The van der Waals surface area contributed by atoms with Crippen LogP contribution in [0.25, 0.3) is 22.4 Å². The number of aromatic amines is 1. The second-order valence-corrected chi connectivity index (χ2v) is 9.19. The van der Waals surface area contributed by atoms with Crippen molar-refractivity contribution in [2.45, 2.75) is 45.3 Å². The fourth-order valence-electron chi connectivity index (χ4n) is 4.01. The van der Waals surface area contributed by atoms with Gasteiger partial charge in [0.1, 0.15) is 17.9 Å². The van der Waals surface area contributed by atoms with Crippen LogP contribution in [0.15, 0.2) is 41.5 Å². The summed E-state index contributed by atoms with van der Waals surface area (Å²) in [5.41, 5.74) is 0.365. The molecular weight excluding hydrogens is 499 g/mol. The number of hydrogen-bond donors (Lipinski definition) is 3. The van der Waals surface area contributed by atoms with E-state index in [1.807, 2.05) is 13.8 Å². The molecule has 3 aromatic heterocycles. The average molecular weight is 522 g/mol. The predicted octanol–water partition coefficient (Wildman–Crippen LogP) is 2.26. The van der Waals surface area contributed by atoms with Crippen molar-refractivity contribution in [2.75, 3.05) is 0 Å². The molecule has 1 aromatic carbocycles. The van der Waals surface area contributed by atoms with Crippen LogP contribution in [-0.2, 0) is 34.6 Å². The van der Waals surface area contributed by atoms with E-state index < -0.39 is 48.4 Å². The Balaban J connectivity index is 1.66. The Labute approximate surface area is 214 Å². The number of nitriles is 1. The molecule has 0 aliphatic heterocycles. The molecule has 0 amide bonds. The molecule has 13 heteroatoms. The highest BCUT2D eigenvalue weighted by molar-refractivity contribution is 5.75. The minimum Gasteiger partial charge on any atom is -0.481 e. The van der Waals surface area contributed by atoms with E-state index in [0.717, 1.165) is 10.8 Å². The standard InChI is InChI=1S/C25H23FN6O6/c1-25(2,7-8-27)31-12-15(11-28-31)19-5-6-20-23(29-19)30-24(37)32(20)38-13-17-14(9-21(33)34)3-4-18(26)16(17)10-22(35)36/h3-6,11-12H,7,9-10,13H2,1-2H3,(H,33,34)(H,35,36)(H,29,30,37). The van der Waals surface area contributed by atoms with E-state index in [-0.39, 0.29) is 34.3 Å². The lowest BCUT2D eigenvalue weighted by molar-refractivity contribution is -0.137.